The summed E-state index contributed by atoms with van der Waals surface area (Å²) < 4.78 is 0. The first-order chi connectivity index (χ1) is 1.73. The number of halogens is 3. The summed E-state index contributed by atoms with van der Waals surface area (Å²) in [5.74, 6) is 0. The van der Waals surface area contributed by atoms with Gasteiger partial charge in [0.25, 0.3) is 0 Å². The van der Waals surface area contributed by atoms with Gasteiger partial charge in [-0.2, -0.15) is 0 Å². The Balaban J connectivity index is 0. The molecule has 2 N–H and O–H groups in total. The van der Waals surface area contributed by atoms with Crippen molar-refractivity contribution in [2.75, 3.05) is 0 Å². The molecule has 0 spiro atoms. The first-order valence-electron chi connectivity index (χ1n) is 0.378. The van der Waals surface area contributed by atoms with E-state index in [-0.39, 0.29) is 5.48 Å². The van der Waals surface area contributed by atoms with Gasteiger partial charge in [-0.05, 0) is 0 Å². The Kier molecular flexibility index (Phi) is 12.2. The average Bonchev–Trinajstić information content (AvgIpc) is 0.811. The summed E-state index contributed by atoms with van der Waals surface area (Å²) >= 11 is 9.81. The van der Waals surface area contributed by atoms with Gasteiger partial charge in [-0.15, -0.1) is 0 Å². The van der Waals surface area contributed by atoms with Gasteiger partial charge < -0.3 is 5.48 Å². The van der Waals surface area contributed by atoms with Crippen LogP contribution in [0.2, 0.25) is 0 Å². The summed E-state index contributed by atoms with van der Waals surface area (Å²) in [7, 11) is -0.896. The zero-order chi connectivity index (χ0) is 3.58. The number of hydrogen-bond donors (Lipinski definition) is 0. The van der Waals surface area contributed by atoms with Gasteiger partial charge in [0, 0.05) is 0 Å². The fraction of sp³-hybridized carbons (Fsp3) is 0. The topological polar surface area (TPSA) is 31.5 Å². The zero-order valence-corrected chi connectivity index (χ0v) is 9.12. The molecule has 5 heteroatoms. The summed E-state index contributed by atoms with van der Waals surface area (Å²) in [6.07, 6.45) is 0. The second-order valence-electron chi connectivity index (χ2n) is 0.143. The molecule has 38 valence electrons. The van der Waals surface area contributed by atoms with E-state index in [1.54, 1.807) is 0 Å². The zero-order valence-electron chi connectivity index (χ0n) is 1.97. The van der Waals surface area contributed by atoms with E-state index in [0.29, 0.717) is 0 Å². The second kappa shape index (κ2) is 6.05. The summed E-state index contributed by atoms with van der Waals surface area (Å²) in [5, 5.41) is 0. The molecule has 0 amide bonds. The molecular weight excluding hydrogens is 448 g/mol. The van der Waals surface area contributed by atoms with Crippen LogP contribution < -0.4 is 0 Å². The third kappa shape index (κ3) is 23.6. The quantitative estimate of drug-likeness (QED) is 0.539. The molecule has 0 aromatic carbocycles. The maximum absolute atomic E-state index is 3.27. The monoisotopic (exact) mass is 448 g/mol. The molecule has 1 nitrogen and oxygen atoms in total. The molecule has 0 bridgehead atoms. The predicted octanol–water partition coefficient (Wildman–Crippen LogP) is 1.71. The Morgan fingerprint density at radius 3 is 1.00 bits per heavy atom. The van der Waals surface area contributed by atoms with E-state index in [2.05, 4.69) is 40.5 Å². The molecule has 0 atom stereocenters. The Bertz CT molecular complexity index is 11.6. The van der Waals surface area contributed by atoms with Crippen LogP contribution in [-0.4, -0.2) is 5.48 Å². The van der Waals surface area contributed by atoms with Crippen LogP contribution in [0.15, 0.2) is 0 Å². The van der Waals surface area contributed by atoms with Gasteiger partial charge in [-0.25, -0.2) is 0 Å². The van der Waals surface area contributed by atoms with E-state index in [9.17, 15) is 0 Å². The SMILES string of the molecule is O.[Br][Ir]([Br])[Br]. The fourth-order valence-corrected chi connectivity index (χ4v) is 0. The molecule has 0 unspecified atom stereocenters. The van der Waals surface area contributed by atoms with Crippen molar-refractivity contribution in [1.82, 2.24) is 0 Å². The van der Waals surface area contributed by atoms with Crippen molar-refractivity contribution in [1.29, 1.82) is 0 Å². The van der Waals surface area contributed by atoms with Crippen LogP contribution in [0.5, 0.6) is 0 Å². The number of hydrogen-bond acceptors (Lipinski definition) is 0. The van der Waals surface area contributed by atoms with Gasteiger partial charge in [0.1, 0.15) is 0 Å². The minimum absolute atomic E-state index is 0. The van der Waals surface area contributed by atoms with Crippen molar-refractivity contribution >= 4 is 40.5 Å². The summed E-state index contributed by atoms with van der Waals surface area (Å²) in [5.41, 5.74) is 0. The second-order valence-corrected chi connectivity index (χ2v) is 31.6. The van der Waals surface area contributed by atoms with Crippen LogP contribution in [0.3, 0.4) is 0 Å². The van der Waals surface area contributed by atoms with Gasteiger partial charge in [0.2, 0.25) is 0 Å². The van der Waals surface area contributed by atoms with E-state index in [4.69, 9.17) is 0 Å². The van der Waals surface area contributed by atoms with Gasteiger partial charge in [0.05, 0.1) is 0 Å². The molecule has 0 aromatic rings. The molecule has 0 fully saturated rings. The van der Waals surface area contributed by atoms with Gasteiger partial charge in [-0.3, -0.25) is 0 Å². The van der Waals surface area contributed by atoms with E-state index < -0.39 is 10.5 Å². The normalized spacial score (nSPS) is 9.00. The Morgan fingerprint density at radius 1 is 1.00 bits per heavy atom. The molecule has 0 aliphatic carbocycles. The van der Waals surface area contributed by atoms with E-state index >= 15 is 0 Å². The predicted molar refractivity (Wildman–Crippen MR) is 30.4 cm³/mol. The molecule has 0 aromatic heterocycles. The third-order valence-corrected chi connectivity index (χ3v) is 0. The summed E-state index contributed by atoms with van der Waals surface area (Å²) in [6.45, 7) is 0. The molecule has 0 rings (SSSR count). The standard InChI is InChI=1S/3BrH.Ir.H2O/h3*1H;;1H2/q;;;+3;/p-3. The van der Waals surface area contributed by atoms with Crippen molar-refractivity contribution in [2.45, 2.75) is 0 Å². The van der Waals surface area contributed by atoms with Crippen LogP contribution in [0.1, 0.15) is 0 Å². The van der Waals surface area contributed by atoms with Crippen LogP contribution in [0.4, 0.5) is 0 Å². The van der Waals surface area contributed by atoms with Gasteiger partial charge >= 0.3 is 51.0 Å². The first kappa shape index (κ1) is 10.1. The molecular formula is H2Br3IrO. The van der Waals surface area contributed by atoms with Crippen molar-refractivity contribution in [2.24, 2.45) is 0 Å². The van der Waals surface area contributed by atoms with Crippen molar-refractivity contribution < 1.29 is 16.0 Å². The Hall–Kier alpha value is 2.05. The fourth-order valence-electron chi connectivity index (χ4n) is 0. The van der Waals surface area contributed by atoms with Crippen LogP contribution in [-0.2, 0) is 10.5 Å². The van der Waals surface area contributed by atoms with E-state index in [0.717, 1.165) is 0 Å². The minimum atomic E-state index is -0.896. The Labute approximate surface area is 55.8 Å². The van der Waals surface area contributed by atoms with E-state index in [1.807, 2.05) is 0 Å². The molecule has 0 aliphatic heterocycles. The molecule has 0 saturated heterocycles. The molecule has 0 saturated carbocycles. The maximum atomic E-state index is 3.27. The van der Waals surface area contributed by atoms with E-state index in [1.165, 1.54) is 0 Å². The number of rotatable bonds is 0. The summed E-state index contributed by atoms with van der Waals surface area (Å²) in [6, 6.07) is 0. The van der Waals surface area contributed by atoms with Crippen LogP contribution >= 0.6 is 40.5 Å². The van der Waals surface area contributed by atoms with Crippen molar-refractivity contribution in [3.05, 3.63) is 0 Å². The molecule has 0 aliphatic rings. The third-order valence-electron chi connectivity index (χ3n) is 0. The first-order valence-corrected chi connectivity index (χ1v) is 16.1. The molecule has 0 radical (unpaired) electrons. The van der Waals surface area contributed by atoms with Crippen molar-refractivity contribution in [3.8, 4) is 0 Å². The van der Waals surface area contributed by atoms with Crippen molar-refractivity contribution in [3.63, 3.8) is 0 Å². The molecule has 5 heavy (non-hydrogen) atoms. The van der Waals surface area contributed by atoms with Gasteiger partial charge in [0.15, 0.2) is 0 Å². The molecule has 0 heterocycles. The van der Waals surface area contributed by atoms with Gasteiger partial charge in [-0.1, -0.05) is 0 Å². The van der Waals surface area contributed by atoms with Crippen LogP contribution in [0.25, 0.3) is 0 Å². The summed E-state index contributed by atoms with van der Waals surface area (Å²) in [4.78, 5) is 0. The average molecular weight is 450 g/mol. The Morgan fingerprint density at radius 2 is 1.00 bits per heavy atom. The van der Waals surface area contributed by atoms with Crippen LogP contribution in [0, 0.1) is 0 Å².